The smallest absolute Gasteiger partial charge is 0.164 e. The van der Waals surface area contributed by atoms with Gasteiger partial charge in [0.05, 0.1) is 6.04 Å². The zero-order valence-corrected chi connectivity index (χ0v) is 27.8. The van der Waals surface area contributed by atoms with Crippen LogP contribution in [-0.2, 0) is 10.8 Å². The standard InChI is InChI=1S/C44H38N4/c1-28-31(42-46-40(29-16-7-5-8-17-29)45-41(47-42)30-18-9-6-10-19-30)21-15-23-36(28)48-37-22-12-11-20-32(37)33-26-35-34(27-38(33)48)43(2,3)39-24-13-14-25-44(35,39)4/h5-28,36,39H,1-4H3. The van der Waals surface area contributed by atoms with Crippen molar-refractivity contribution in [2.45, 2.75) is 44.6 Å². The lowest BCUT2D eigenvalue weighted by Gasteiger charge is -2.36. The molecule has 4 nitrogen and oxygen atoms in total. The maximum atomic E-state index is 5.11. The Bertz CT molecular complexity index is 2300. The molecule has 4 atom stereocenters. The first-order chi connectivity index (χ1) is 23.3. The zero-order chi connectivity index (χ0) is 32.6. The topological polar surface area (TPSA) is 43.6 Å². The van der Waals surface area contributed by atoms with Crippen LogP contribution in [-0.4, -0.2) is 19.5 Å². The van der Waals surface area contributed by atoms with Crippen LogP contribution in [0.15, 0.2) is 140 Å². The maximum absolute atomic E-state index is 5.11. The molecule has 0 spiro atoms. The molecule has 0 radical (unpaired) electrons. The van der Waals surface area contributed by atoms with Crippen LogP contribution in [0.3, 0.4) is 0 Å². The van der Waals surface area contributed by atoms with Gasteiger partial charge in [0.25, 0.3) is 0 Å². The fraction of sp³-hybridized carbons (Fsp3) is 0.205. The number of nitrogens with zero attached hydrogens (tertiary/aromatic N) is 4. The molecule has 234 valence electrons. The van der Waals surface area contributed by atoms with Gasteiger partial charge in [0, 0.05) is 49.8 Å². The zero-order valence-electron chi connectivity index (χ0n) is 27.8. The van der Waals surface area contributed by atoms with Gasteiger partial charge in [0.2, 0.25) is 0 Å². The van der Waals surface area contributed by atoms with Crippen LogP contribution in [0.25, 0.3) is 50.2 Å². The second kappa shape index (κ2) is 10.6. The van der Waals surface area contributed by atoms with Crippen molar-refractivity contribution in [3.8, 4) is 22.8 Å². The molecule has 4 aromatic carbocycles. The van der Waals surface area contributed by atoms with Gasteiger partial charge in [-0.3, -0.25) is 0 Å². The van der Waals surface area contributed by atoms with Gasteiger partial charge in [-0.25, -0.2) is 15.0 Å². The van der Waals surface area contributed by atoms with E-state index in [1.165, 1.54) is 32.9 Å². The van der Waals surface area contributed by atoms with E-state index in [4.69, 9.17) is 15.0 Å². The first kappa shape index (κ1) is 28.8. The number of rotatable bonds is 4. The summed E-state index contributed by atoms with van der Waals surface area (Å²) in [6.45, 7) is 9.58. The quantitative estimate of drug-likeness (QED) is 0.196. The SMILES string of the molecule is CC1C(c2nc(-c3ccccc3)nc(-c3ccccc3)n2)=CC=CC1n1c2ccccc2c2cc3c(cc21)C(C)(C)C1C=CC=CC31C. The molecule has 2 aromatic heterocycles. The molecule has 48 heavy (non-hydrogen) atoms. The number of aromatic nitrogens is 4. The van der Waals surface area contributed by atoms with Gasteiger partial charge < -0.3 is 4.57 Å². The van der Waals surface area contributed by atoms with E-state index in [9.17, 15) is 0 Å². The molecule has 0 bridgehead atoms. The van der Waals surface area contributed by atoms with Gasteiger partial charge in [-0.05, 0) is 40.7 Å². The Balaban J connectivity index is 1.21. The Hall–Kier alpha value is -5.35. The number of fused-ring (bicyclic) bond motifs is 6. The summed E-state index contributed by atoms with van der Waals surface area (Å²) in [5.41, 5.74) is 8.49. The third-order valence-corrected chi connectivity index (χ3v) is 11.2. The monoisotopic (exact) mass is 622 g/mol. The van der Waals surface area contributed by atoms with Crippen LogP contribution in [0.4, 0.5) is 0 Å². The minimum atomic E-state index is -0.0233. The molecule has 4 unspecified atom stereocenters. The maximum Gasteiger partial charge on any atom is 0.164 e. The Morgan fingerprint density at radius 1 is 0.604 bits per heavy atom. The molecule has 4 heteroatoms. The summed E-state index contributed by atoms with van der Waals surface area (Å²) in [6, 6.07) is 34.4. The van der Waals surface area contributed by atoms with E-state index < -0.39 is 0 Å². The molecule has 0 saturated heterocycles. The lowest BCUT2D eigenvalue weighted by atomic mass is 9.67. The summed E-state index contributed by atoms with van der Waals surface area (Å²) in [7, 11) is 0. The third-order valence-electron chi connectivity index (χ3n) is 11.2. The minimum absolute atomic E-state index is 0.00641. The van der Waals surface area contributed by atoms with E-state index in [1.807, 2.05) is 36.4 Å². The average molecular weight is 623 g/mol. The molecule has 0 aliphatic heterocycles. The third kappa shape index (κ3) is 4.18. The van der Waals surface area contributed by atoms with E-state index in [-0.39, 0.29) is 22.8 Å². The van der Waals surface area contributed by atoms with Crippen molar-refractivity contribution in [3.05, 3.63) is 157 Å². The van der Waals surface area contributed by atoms with Crippen LogP contribution in [0.5, 0.6) is 0 Å². The molecule has 3 aliphatic rings. The Labute approximate surface area is 281 Å². The van der Waals surface area contributed by atoms with E-state index in [0.717, 1.165) is 22.5 Å². The number of hydrogen-bond acceptors (Lipinski definition) is 3. The van der Waals surface area contributed by atoms with Crippen LogP contribution in [0.1, 0.15) is 50.7 Å². The van der Waals surface area contributed by atoms with Crippen molar-refractivity contribution in [2.24, 2.45) is 11.8 Å². The molecule has 0 fully saturated rings. The van der Waals surface area contributed by atoms with Gasteiger partial charge in [0.15, 0.2) is 17.5 Å². The Morgan fingerprint density at radius 3 is 1.96 bits per heavy atom. The van der Waals surface area contributed by atoms with Crippen LogP contribution < -0.4 is 0 Å². The second-order valence-electron chi connectivity index (χ2n) is 14.4. The molecule has 3 aliphatic carbocycles. The van der Waals surface area contributed by atoms with Gasteiger partial charge in [-0.2, -0.15) is 0 Å². The molecule has 2 heterocycles. The summed E-state index contributed by atoms with van der Waals surface area (Å²) in [5, 5.41) is 2.62. The van der Waals surface area contributed by atoms with Crippen molar-refractivity contribution in [1.82, 2.24) is 19.5 Å². The molecule has 6 aromatic rings. The summed E-state index contributed by atoms with van der Waals surface area (Å²) < 4.78 is 2.57. The predicted molar refractivity (Wildman–Crippen MR) is 198 cm³/mol. The van der Waals surface area contributed by atoms with Crippen molar-refractivity contribution >= 4 is 27.4 Å². The summed E-state index contributed by atoms with van der Waals surface area (Å²) >= 11 is 0. The van der Waals surface area contributed by atoms with E-state index in [1.54, 1.807) is 0 Å². The van der Waals surface area contributed by atoms with Gasteiger partial charge in [-0.1, -0.05) is 149 Å². The largest absolute Gasteiger partial charge is 0.333 e. The summed E-state index contributed by atoms with van der Waals surface area (Å²) in [4.78, 5) is 15.2. The Morgan fingerprint density at radius 2 is 1.25 bits per heavy atom. The highest BCUT2D eigenvalue weighted by molar-refractivity contribution is 6.09. The van der Waals surface area contributed by atoms with Crippen LogP contribution >= 0.6 is 0 Å². The molecule has 9 rings (SSSR count). The highest BCUT2D eigenvalue weighted by Gasteiger charge is 2.52. The van der Waals surface area contributed by atoms with Crippen molar-refractivity contribution < 1.29 is 0 Å². The molecule has 0 amide bonds. The summed E-state index contributed by atoms with van der Waals surface area (Å²) in [5.74, 6) is 2.62. The van der Waals surface area contributed by atoms with E-state index in [0.29, 0.717) is 17.6 Å². The fourth-order valence-electron chi connectivity index (χ4n) is 8.79. The highest BCUT2D eigenvalue weighted by Crippen LogP contribution is 2.58. The fourth-order valence-corrected chi connectivity index (χ4v) is 8.79. The van der Waals surface area contributed by atoms with Gasteiger partial charge >= 0.3 is 0 Å². The molecule has 0 saturated carbocycles. The van der Waals surface area contributed by atoms with E-state index >= 15 is 0 Å². The lowest BCUT2D eigenvalue weighted by Crippen LogP contribution is -2.34. The van der Waals surface area contributed by atoms with Crippen LogP contribution in [0, 0.1) is 11.8 Å². The van der Waals surface area contributed by atoms with E-state index in [2.05, 4.69) is 135 Å². The number of para-hydroxylation sites is 1. The Kier molecular flexibility index (Phi) is 6.36. The van der Waals surface area contributed by atoms with Crippen molar-refractivity contribution in [1.29, 1.82) is 0 Å². The number of allylic oxidation sites excluding steroid dienone is 8. The predicted octanol–water partition coefficient (Wildman–Crippen LogP) is 10.4. The van der Waals surface area contributed by atoms with Crippen LogP contribution in [0.2, 0.25) is 0 Å². The highest BCUT2D eigenvalue weighted by atomic mass is 15.1. The average Bonchev–Trinajstić information content (AvgIpc) is 3.53. The minimum Gasteiger partial charge on any atom is -0.333 e. The molecular formula is C44H38N4. The molecule has 0 N–H and O–H groups in total. The normalized spacial score (nSPS) is 23.8. The first-order valence-electron chi connectivity index (χ1n) is 17.0. The van der Waals surface area contributed by atoms with Crippen molar-refractivity contribution in [3.63, 3.8) is 0 Å². The number of benzene rings is 4. The van der Waals surface area contributed by atoms with Gasteiger partial charge in [0.1, 0.15) is 0 Å². The van der Waals surface area contributed by atoms with Crippen molar-refractivity contribution in [2.75, 3.05) is 0 Å². The number of hydrogen-bond donors (Lipinski definition) is 0. The first-order valence-corrected chi connectivity index (χ1v) is 17.0. The van der Waals surface area contributed by atoms with Gasteiger partial charge in [-0.15, -0.1) is 0 Å². The summed E-state index contributed by atoms with van der Waals surface area (Å²) in [6.07, 6.45) is 16.0. The molecular weight excluding hydrogens is 585 g/mol. The second-order valence-corrected chi connectivity index (χ2v) is 14.4. The lowest BCUT2D eigenvalue weighted by molar-refractivity contribution is 0.324.